The average Bonchev–Trinajstić information content (AvgIpc) is 1.64. The first-order valence-electron chi connectivity index (χ1n) is 34.1. The Morgan fingerprint density at radius 1 is 0.386 bits per heavy atom. The first-order chi connectivity index (χ1) is 43.0. The number of benzene rings is 8. The van der Waals surface area contributed by atoms with Gasteiger partial charge in [0.15, 0.2) is 11.5 Å². The Kier molecular flexibility index (Phi) is 20.7. The molecule has 11 rings (SSSR count). The summed E-state index contributed by atoms with van der Waals surface area (Å²) in [7, 11) is -4.57. The second-order valence-electron chi connectivity index (χ2n) is 27.1. The second kappa shape index (κ2) is 29.1. The third-order valence-electron chi connectivity index (χ3n) is 20.0. The number of unbranched alkanes of at least 4 members (excludes halogenated alkanes) is 14. The fourth-order valence-electron chi connectivity index (χ4n) is 14.8. The maximum absolute atomic E-state index is 13.3. The Morgan fingerprint density at radius 3 is 1.01 bits per heavy atom. The summed E-state index contributed by atoms with van der Waals surface area (Å²) in [5, 5.41) is 33.7. The van der Waals surface area contributed by atoms with Gasteiger partial charge in [0.1, 0.15) is 22.9 Å². The van der Waals surface area contributed by atoms with E-state index in [0.717, 1.165) is 127 Å². The summed E-state index contributed by atoms with van der Waals surface area (Å²) in [4.78, 5) is 0. The lowest BCUT2D eigenvalue weighted by Gasteiger charge is -2.35. The third-order valence-corrected chi connectivity index (χ3v) is 26.8. The number of rotatable bonds is 30. The van der Waals surface area contributed by atoms with Crippen LogP contribution in [0, 0.1) is 11.8 Å². The molecule has 0 radical (unpaired) electrons. The lowest BCUT2D eigenvalue weighted by Crippen LogP contribution is -2.43. The van der Waals surface area contributed by atoms with Gasteiger partial charge in [0, 0.05) is 32.7 Å². The van der Waals surface area contributed by atoms with Crippen LogP contribution in [0.25, 0.3) is 77.2 Å². The Bertz CT molecular complexity index is 3560. The number of nitrogens with zero attached hydrogens (tertiary/aromatic N) is 2. The molecule has 0 bridgehead atoms. The van der Waals surface area contributed by atoms with Gasteiger partial charge < -0.3 is 28.8 Å². The average molecular weight is 1210 g/mol. The minimum absolute atomic E-state index is 0.181. The van der Waals surface area contributed by atoms with Gasteiger partial charge in [-0.1, -0.05) is 301 Å². The minimum atomic E-state index is -2.28. The van der Waals surface area contributed by atoms with Crippen LogP contribution in [0.2, 0.25) is 38.3 Å². The van der Waals surface area contributed by atoms with Crippen molar-refractivity contribution >= 4 is 70.1 Å². The number of phenolic OH excluding ortho intramolecular Hbond substituents is 2. The predicted molar refractivity (Wildman–Crippen MR) is 381 cm³/mol. The van der Waals surface area contributed by atoms with Gasteiger partial charge in [-0.15, -0.1) is 0 Å². The molecule has 2 heterocycles. The quantitative estimate of drug-likeness (QED) is 0.0348. The molecule has 2 atom stereocenters. The molecule has 0 spiro atoms. The molecular weight excluding hydrogens is 1110 g/mol. The third kappa shape index (κ3) is 13.6. The summed E-state index contributed by atoms with van der Waals surface area (Å²) in [5.74, 6) is 2.52. The van der Waals surface area contributed by atoms with Crippen molar-refractivity contribution in [3.63, 3.8) is 0 Å². The number of ether oxygens (including phenoxy) is 2. The normalized spacial score (nSPS) is 14.8. The number of hydrogen-bond donors (Lipinski definition) is 2. The molecule has 1 aliphatic rings. The van der Waals surface area contributed by atoms with Gasteiger partial charge in [-0.05, 0) is 82.6 Å². The number of aromatic nitrogens is 2. The van der Waals surface area contributed by atoms with Crippen molar-refractivity contribution in [2.45, 2.75) is 181 Å². The van der Waals surface area contributed by atoms with Gasteiger partial charge in [-0.25, -0.2) is 0 Å². The maximum atomic E-state index is 13.3. The Balaban J connectivity index is 1.01. The number of para-hydroxylation sites is 4. The highest BCUT2D eigenvalue weighted by Gasteiger charge is 2.37. The topological polar surface area (TPSA) is 68.8 Å². The molecule has 0 unspecified atom stereocenters. The summed E-state index contributed by atoms with van der Waals surface area (Å²) in [6, 6.07) is 62.6. The predicted octanol–water partition coefficient (Wildman–Crippen LogP) is 22.0. The highest BCUT2D eigenvalue weighted by Crippen LogP contribution is 2.48. The van der Waals surface area contributed by atoms with Crippen LogP contribution in [-0.4, -0.2) is 48.7 Å². The van der Waals surface area contributed by atoms with E-state index in [2.05, 4.69) is 219 Å². The molecule has 88 heavy (non-hydrogen) atoms. The summed E-state index contributed by atoms with van der Waals surface area (Å²) in [6.07, 6.45) is 24.8. The van der Waals surface area contributed by atoms with Gasteiger partial charge in [0.05, 0.1) is 51.4 Å². The van der Waals surface area contributed by atoms with Crippen molar-refractivity contribution in [3.8, 4) is 56.6 Å². The second-order valence-corrected chi connectivity index (χ2v) is 36.7. The Hall–Kier alpha value is -7.01. The molecule has 8 heteroatoms. The van der Waals surface area contributed by atoms with Crippen LogP contribution >= 0.6 is 0 Å². The van der Waals surface area contributed by atoms with E-state index < -0.39 is 16.1 Å². The van der Waals surface area contributed by atoms with Crippen LogP contribution in [-0.2, 0) is 0 Å². The van der Waals surface area contributed by atoms with E-state index in [9.17, 15) is 10.2 Å². The number of phenols is 2. The highest BCUT2D eigenvalue weighted by molar-refractivity contribution is 6.91. The molecule has 6 nitrogen and oxygen atoms in total. The molecule has 1 fully saturated rings. The number of aromatic hydroxyl groups is 2. The van der Waals surface area contributed by atoms with Crippen LogP contribution in [0.3, 0.4) is 0 Å². The highest BCUT2D eigenvalue weighted by atomic mass is 28.3. The molecule has 0 aliphatic heterocycles. The lowest BCUT2D eigenvalue weighted by atomic mass is 9.80. The molecule has 1 saturated carbocycles. The van der Waals surface area contributed by atoms with Crippen molar-refractivity contribution in [1.82, 2.24) is 9.13 Å². The molecule has 460 valence electrons. The van der Waals surface area contributed by atoms with Gasteiger partial charge in [0.2, 0.25) is 0 Å². The SMILES string of the molecule is CCCCCCCCCC[Si](C)(C)c1cc(-c2ccccc2)c(O)c(-n2c3ccccc3c3ccccc32)c1OC[C@@H]1CCCC[C@H]1COc1c([Si](C)(C)CCCCCCCCCC)cc(-c2ccccc2)c(O)c1-n1c2ccccc2c2ccccc21. The van der Waals surface area contributed by atoms with Crippen molar-refractivity contribution in [2.24, 2.45) is 11.8 Å². The van der Waals surface area contributed by atoms with Gasteiger partial charge >= 0.3 is 0 Å². The van der Waals surface area contributed by atoms with Crippen LogP contribution in [0.15, 0.2) is 170 Å². The first kappa shape index (κ1) is 62.6. The van der Waals surface area contributed by atoms with E-state index in [-0.39, 0.29) is 23.3 Å². The van der Waals surface area contributed by atoms with Crippen LogP contribution in [0.5, 0.6) is 23.0 Å². The van der Waals surface area contributed by atoms with Crippen molar-refractivity contribution in [1.29, 1.82) is 0 Å². The zero-order chi connectivity index (χ0) is 61.0. The monoisotopic (exact) mass is 1210 g/mol. The standard InChI is InChI=1S/C80H98N2O4Si2/c1-7-9-11-13-15-17-19-37-53-87(3,4)73-55-67(59-39-23-21-24-40-59)77(83)75(81-69-49-33-29-45-63(69)64-46-30-34-50-70(64)81)79(73)85-57-61-43-27-28-44-62(61)58-86-80-74(88(5,6)54-38-20-18-16-14-12-10-8-2)56-68(60-41-25-22-26-42-60)78(84)76(80)82-71-51-35-31-47-65(71)66-48-32-36-52-72(66)82/h21-26,29-36,39-42,45-52,55-56,61-62,83-84H,7-20,27-28,37-38,43-44,53-54,57-58H2,1-6H3/t61-,62-/m0/s1. The van der Waals surface area contributed by atoms with Crippen molar-refractivity contribution < 1.29 is 19.7 Å². The van der Waals surface area contributed by atoms with E-state index in [4.69, 9.17) is 9.47 Å². The zero-order valence-electron chi connectivity index (χ0n) is 53.9. The fraction of sp³-hybridized carbons (Fsp3) is 0.400. The van der Waals surface area contributed by atoms with Gasteiger partial charge in [-0.3, -0.25) is 0 Å². The molecular formula is C80H98N2O4Si2. The molecule has 0 amide bonds. The van der Waals surface area contributed by atoms with Crippen LogP contribution in [0.4, 0.5) is 0 Å². The zero-order valence-corrected chi connectivity index (χ0v) is 55.9. The summed E-state index contributed by atoms with van der Waals surface area (Å²) >= 11 is 0. The van der Waals surface area contributed by atoms with Crippen LogP contribution < -0.4 is 19.8 Å². The maximum Gasteiger partial charge on any atom is 0.151 e. The van der Waals surface area contributed by atoms with E-state index in [1.165, 1.54) is 113 Å². The van der Waals surface area contributed by atoms with E-state index in [1.807, 2.05) is 0 Å². The summed E-state index contributed by atoms with van der Waals surface area (Å²) in [6.45, 7) is 15.8. The smallest absolute Gasteiger partial charge is 0.151 e. The van der Waals surface area contributed by atoms with Gasteiger partial charge in [-0.2, -0.15) is 0 Å². The fourth-order valence-corrected chi connectivity index (χ4v) is 20.3. The summed E-state index contributed by atoms with van der Waals surface area (Å²) in [5.41, 5.74) is 9.41. The Morgan fingerprint density at radius 2 is 0.682 bits per heavy atom. The minimum Gasteiger partial charge on any atom is -0.505 e. The molecule has 8 aromatic carbocycles. The lowest BCUT2D eigenvalue weighted by molar-refractivity contribution is 0.106. The summed E-state index contributed by atoms with van der Waals surface area (Å²) < 4.78 is 20.1. The molecule has 1 aliphatic carbocycles. The van der Waals surface area contributed by atoms with Crippen molar-refractivity contribution in [2.75, 3.05) is 13.2 Å². The Labute approximate surface area is 528 Å². The molecule has 10 aromatic rings. The van der Waals surface area contributed by atoms with E-state index >= 15 is 0 Å². The number of fused-ring (bicyclic) bond motifs is 6. The van der Waals surface area contributed by atoms with E-state index in [0.29, 0.717) is 13.2 Å². The van der Waals surface area contributed by atoms with E-state index in [1.54, 1.807) is 0 Å². The molecule has 2 N–H and O–H groups in total. The molecule has 2 aromatic heterocycles. The van der Waals surface area contributed by atoms with Crippen LogP contribution in [0.1, 0.15) is 142 Å². The van der Waals surface area contributed by atoms with Crippen molar-refractivity contribution in [3.05, 3.63) is 170 Å². The number of hydrogen-bond acceptors (Lipinski definition) is 4. The largest absolute Gasteiger partial charge is 0.505 e. The van der Waals surface area contributed by atoms with Gasteiger partial charge in [0.25, 0.3) is 0 Å². The molecule has 0 saturated heterocycles. The first-order valence-corrected chi connectivity index (χ1v) is 40.6.